The van der Waals surface area contributed by atoms with E-state index in [9.17, 15) is 4.79 Å². The van der Waals surface area contributed by atoms with Crippen LogP contribution in [0.2, 0.25) is 5.02 Å². The zero-order valence-electron chi connectivity index (χ0n) is 11.0. The molecule has 1 saturated heterocycles. The van der Waals surface area contributed by atoms with Gasteiger partial charge < -0.3 is 10.4 Å². The highest BCUT2D eigenvalue weighted by Gasteiger charge is 2.22. The van der Waals surface area contributed by atoms with Gasteiger partial charge in [0.1, 0.15) is 6.61 Å². The van der Waals surface area contributed by atoms with Gasteiger partial charge in [-0.3, -0.25) is 4.79 Å². The average Bonchev–Trinajstić information content (AvgIpc) is 2.49. The molecular weight excluding hydrogens is 294 g/mol. The van der Waals surface area contributed by atoms with Crippen molar-refractivity contribution in [2.45, 2.75) is 24.5 Å². The summed E-state index contributed by atoms with van der Waals surface area (Å²) < 4.78 is 0. The topological polar surface area (TPSA) is 49.3 Å². The lowest BCUT2D eigenvalue weighted by molar-refractivity contribution is -0.115. The fourth-order valence-electron chi connectivity index (χ4n) is 2.00. The molecule has 0 aromatic heterocycles. The average molecular weight is 310 g/mol. The largest absolute Gasteiger partial charge is 0.384 e. The Morgan fingerprint density at radius 2 is 2.35 bits per heavy atom. The van der Waals surface area contributed by atoms with Gasteiger partial charge in [-0.15, -0.1) is 11.8 Å². The van der Waals surface area contributed by atoms with Crippen LogP contribution in [0.4, 0.5) is 5.69 Å². The van der Waals surface area contributed by atoms with Crippen molar-refractivity contribution < 1.29 is 9.90 Å². The fourth-order valence-corrected chi connectivity index (χ4v) is 3.36. The molecule has 106 valence electrons. The summed E-state index contributed by atoms with van der Waals surface area (Å²) in [6.45, 7) is -0.191. The Hall–Kier alpha value is -1.15. The highest BCUT2D eigenvalue weighted by atomic mass is 35.5. The first-order chi connectivity index (χ1) is 9.70. The van der Waals surface area contributed by atoms with Crippen LogP contribution >= 0.6 is 23.4 Å². The maximum atomic E-state index is 12.2. The van der Waals surface area contributed by atoms with E-state index in [4.69, 9.17) is 16.7 Å². The molecule has 3 nitrogen and oxygen atoms in total. The first-order valence-electron chi connectivity index (χ1n) is 6.52. The molecule has 1 amide bonds. The van der Waals surface area contributed by atoms with Crippen molar-refractivity contribution in [1.29, 1.82) is 0 Å². The molecule has 1 aliphatic heterocycles. The second kappa shape index (κ2) is 7.58. The van der Waals surface area contributed by atoms with Gasteiger partial charge in [0.15, 0.2) is 0 Å². The van der Waals surface area contributed by atoms with E-state index in [1.807, 2.05) is 0 Å². The quantitative estimate of drug-likeness (QED) is 0.826. The number of anilines is 1. The van der Waals surface area contributed by atoms with Gasteiger partial charge in [-0.25, -0.2) is 0 Å². The minimum Gasteiger partial charge on any atom is -0.384 e. The Bertz CT molecular complexity index is 545. The summed E-state index contributed by atoms with van der Waals surface area (Å²) in [7, 11) is 0. The van der Waals surface area contributed by atoms with E-state index in [1.165, 1.54) is 6.42 Å². The Morgan fingerprint density at radius 1 is 1.50 bits per heavy atom. The van der Waals surface area contributed by atoms with Gasteiger partial charge in [0.05, 0.1) is 16.0 Å². The lowest BCUT2D eigenvalue weighted by atomic mass is 10.1. The fraction of sp³-hybridized carbons (Fsp3) is 0.400. The summed E-state index contributed by atoms with van der Waals surface area (Å²) in [5, 5.41) is 12.1. The number of aliphatic hydroxyl groups excluding tert-OH is 1. The third-order valence-electron chi connectivity index (χ3n) is 3.01. The van der Waals surface area contributed by atoms with E-state index in [-0.39, 0.29) is 17.8 Å². The van der Waals surface area contributed by atoms with Crippen LogP contribution in [0.25, 0.3) is 0 Å². The lowest BCUT2D eigenvalue weighted by Gasteiger charge is -2.20. The van der Waals surface area contributed by atoms with Crippen LogP contribution in [0, 0.1) is 11.8 Å². The molecule has 0 spiro atoms. The Kier molecular flexibility index (Phi) is 5.78. The van der Waals surface area contributed by atoms with E-state index >= 15 is 0 Å². The third-order valence-corrected chi connectivity index (χ3v) is 4.71. The first kappa shape index (κ1) is 15.2. The monoisotopic (exact) mass is 309 g/mol. The molecule has 1 unspecified atom stereocenters. The predicted molar refractivity (Wildman–Crippen MR) is 84.1 cm³/mol. The van der Waals surface area contributed by atoms with Gasteiger partial charge in [-0.05, 0) is 36.8 Å². The molecule has 20 heavy (non-hydrogen) atoms. The number of rotatable bonds is 2. The highest BCUT2D eigenvalue weighted by Crippen LogP contribution is 2.28. The van der Waals surface area contributed by atoms with Crippen molar-refractivity contribution >= 4 is 35.0 Å². The Labute approximate surface area is 128 Å². The number of halogens is 1. The lowest BCUT2D eigenvalue weighted by Crippen LogP contribution is -2.27. The van der Waals surface area contributed by atoms with Crippen molar-refractivity contribution in [2.75, 3.05) is 17.7 Å². The number of amides is 1. The van der Waals surface area contributed by atoms with Gasteiger partial charge in [-0.2, -0.15) is 0 Å². The standard InChI is InChI=1S/C15H16ClNO2S/c16-12-7-6-11(4-3-8-18)10-13(12)17-15(19)14-5-1-2-9-20-14/h6-7,10,14,18H,1-2,5,8-9H2,(H,17,19). The number of benzene rings is 1. The number of carbonyl (C=O) groups excluding carboxylic acids is 1. The van der Waals surface area contributed by atoms with Crippen molar-refractivity contribution in [1.82, 2.24) is 0 Å². The van der Waals surface area contributed by atoms with E-state index in [0.717, 1.165) is 24.2 Å². The maximum absolute atomic E-state index is 12.2. The van der Waals surface area contributed by atoms with E-state index in [2.05, 4.69) is 17.2 Å². The summed E-state index contributed by atoms with van der Waals surface area (Å²) in [5.74, 6) is 6.41. The van der Waals surface area contributed by atoms with Crippen LogP contribution in [-0.4, -0.2) is 28.6 Å². The molecule has 1 heterocycles. The van der Waals surface area contributed by atoms with Gasteiger partial charge >= 0.3 is 0 Å². The molecule has 0 saturated carbocycles. The van der Waals surface area contributed by atoms with Crippen molar-refractivity contribution in [3.63, 3.8) is 0 Å². The Morgan fingerprint density at radius 3 is 3.05 bits per heavy atom. The number of carbonyl (C=O) groups is 1. The highest BCUT2D eigenvalue weighted by molar-refractivity contribution is 8.00. The smallest absolute Gasteiger partial charge is 0.237 e. The molecule has 1 fully saturated rings. The SMILES string of the molecule is O=C(Nc1cc(C#CCO)ccc1Cl)C1CCCCS1. The minimum atomic E-state index is -0.191. The van der Waals surface area contributed by atoms with Gasteiger partial charge in [-0.1, -0.05) is 29.9 Å². The molecule has 2 rings (SSSR count). The van der Waals surface area contributed by atoms with Crippen LogP contribution in [-0.2, 0) is 4.79 Å². The number of hydrogen-bond donors (Lipinski definition) is 2. The summed E-state index contributed by atoms with van der Waals surface area (Å²) in [5.41, 5.74) is 1.29. The maximum Gasteiger partial charge on any atom is 0.237 e. The molecule has 0 radical (unpaired) electrons. The van der Waals surface area contributed by atoms with E-state index in [1.54, 1.807) is 30.0 Å². The summed E-state index contributed by atoms with van der Waals surface area (Å²) in [6, 6.07) is 5.19. The Balaban J connectivity index is 2.09. The summed E-state index contributed by atoms with van der Waals surface area (Å²) in [4.78, 5) is 12.2. The number of thioether (sulfide) groups is 1. The van der Waals surface area contributed by atoms with Crippen LogP contribution < -0.4 is 5.32 Å². The van der Waals surface area contributed by atoms with Crippen LogP contribution in [0.15, 0.2) is 18.2 Å². The molecule has 5 heteroatoms. The second-order valence-electron chi connectivity index (χ2n) is 4.50. The van der Waals surface area contributed by atoms with Crippen molar-refractivity contribution in [2.24, 2.45) is 0 Å². The van der Waals surface area contributed by atoms with Gasteiger partial charge in [0.2, 0.25) is 5.91 Å². The summed E-state index contributed by atoms with van der Waals surface area (Å²) in [6.07, 6.45) is 3.19. The van der Waals surface area contributed by atoms with Crippen LogP contribution in [0.5, 0.6) is 0 Å². The van der Waals surface area contributed by atoms with Crippen molar-refractivity contribution in [3.8, 4) is 11.8 Å². The normalized spacial score (nSPS) is 18.0. The summed E-state index contributed by atoms with van der Waals surface area (Å²) >= 11 is 7.79. The molecule has 0 aliphatic carbocycles. The molecule has 1 aromatic carbocycles. The third kappa shape index (κ3) is 4.17. The number of nitrogens with one attached hydrogen (secondary N) is 1. The van der Waals surface area contributed by atoms with Crippen molar-refractivity contribution in [3.05, 3.63) is 28.8 Å². The molecule has 2 N–H and O–H groups in total. The van der Waals surface area contributed by atoms with Crippen LogP contribution in [0.1, 0.15) is 24.8 Å². The van der Waals surface area contributed by atoms with Gasteiger partial charge in [0.25, 0.3) is 0 Å². The molecule has 1 aliphatic rings. The number of aliphatic hydroxyl groups is 1. The zero-order chi connectivity index (χ0) is 14.4. The zero-order valence-corrected chi connectivity index (χ0v) is 12.6. The first-order valence-corrected chi connectivity index (χ1v) is 7.95. The predicted octanol–water partition coefficient (Wildman–Crippen LogP) is 2.91. The van der Waals surface area contributed by atoms with E-state index in [0.29, 0.717) is 10.7 Å². The number of hydrogen-bond acceptors (Lipinski definition) is 3. The molecule has 0 bridgehead atoms. The van der Waals surface area contributed by atoms with Gasteiger partial charge in [0, 0.05) is 5.56 Å². The second-order valence-corrected chi connectivity index (χ2v) is 6.22. The van der Waals surface area contributed by atoms with E-state index < -0.39 is 0 Å². The minimum absolute atomic E-state index is 0.00358. The van der Waals surface area contributed by atoms with Crippen LogP contribution in [0.3, 0.4) is 0 Å². The molecular formula is C15H16ClNO2S. The molecule has 1 atom stereocenters. The molecule has 1 aromatic rings.